The molecule has 0 heterocycles. The standard InChI is InChI=1S/C21H27N3O3/c1-4-20(25)23-17-11-9-16(10-12-17)22-13-21(26)24-18-7-5-6-8-19(18)27-14-15(2)3/h5-12,15,22H,4,13-14H2,1-3H3,(H,23,25)(H,24,26). The van der Waals surface area contributed by atoms with E-state index in [-0.39, 0.29) is 18.4 Å². The molecule has 2 amide bonds. The molecule has 0 unspecified atom stereocenters. The zero-order chi connectivity index (χ0) is 19.6. The van der Waals surface area contributed by atoms with Crippen molar-refractivity contribution in [2.24, 2.45) is 5.92 Å². The van der Waals surface area contributed by atoms with Crippen molar-refractivity contribution in [3.05, 3.63) is 48.5 Å². The second-order valence-corrected chi connectivity index (χ2v) is 6.58. The Balaban J connectivity index is 1.87. The lowest BCUT2D eigenvalue weighted by Crippen LogP contribution is -2.22. The van der Waals surface area contributed by atoms with Crippen LogP contribution in [0.25, 0.3) is 0 Å². The van der Waals surface area contributed by atoms with E-state index in [9.17, 15) is 9.59 Å². The number of ether oxygens (including phenoxy) is 1. The van der Waals surface area contributed by atoms with Crippen LogP contribution in [0.4, 0.5) is 17.1 Å². The molecule has 2 aromatic carbocycles. The third kappa shape index (κ3) is 7.01. The SMILES string of the molecule is CCC(=O)Nc1ccc(NCC(=O)Nc2ccccc2OCC(C)C)cc1. The highest BCUT2D eigenvalue weighted by molar-refractivity contribution is 5.95. The molecule has 0 aliphatic heterocycles. The van der Waals surface area contributed by atoms with E-state index in [4.69, 9.17) is 4.74 Å². The monoisotopic (exact) mass is 369 g/mol. The highest BCUT2D eigenvalue weighted by atomic mass is 16.5. The van der Waals surface area contributed by atoms with Crippen molar-refractivity contribution < 1.29 is 14.3 Å². The van der Waals surface area contributed by atoms with E-state index >= 15 is 0 Å². The van der Waals surface area contributed by atoms with Crippen molar-refractivity contribution in [2.45, 2.75) is 27.2 Å². The molecule has 3 N–H and O–H groups in total. The van der Waals surface area contributed by atoms with E-state index in [0.29, 0.717) is 30.4 Å². The molecule has 0 radical (unpaired) electrons. The van der Waals surface area contributed by atoms with Crippen LogP contribution in [-0.4, -0.2) is 25.0 Å². The first-order valence-electron chi connectivity index (χ1n) is 9.13. The van der Waals surface area contributed by atoms with Gasteiger partial charge in [-0.05, 0) is 42.3 Å². The van der Waals surface area contributed by atoms with Gasteiger partial charge in [-0.3, -0.25) is 9.59 Å². The van der Waals surface area contributed by atoms with Gasteiger partial charge in [0.1, 0.15) is 5.75 Å². The van der Waals surface area contributed by atoms with Gasteiger partial charge in [-0.1, -0.05) is 32.9 Å². The van der Waals surface area contributed by atoms with E-state index in [1.807, 2.05) is 36.4 Å². The van der Waals surface area contributed by atoms with Gasteiger partial charge >= 0.3 is 0 Å². The van der Waals surface area contributed by atoms with Crippen molar-refractivity contribution in [1.29, 1.82) is 0 Å². The lowest BCUT2D eigenvalue weighted by Gasteiger charge is -2.14. The van der Waals surface area contributed by atoms with Crippen LogP contribution in [0.2, 0.25) is 0 Å². The van der Waals surface area contributed by atoms with Gasteiger partial charge in [-0.2, -0.15) is 0 Å². The summed E-state index contributed by atoms with van der Waals surface area (Å²) >= 11 is 0. The molecule has 0 aliphatic carbocycles. The molecule has 0 aliphatic rings. The summed E-state index contributed by atoms with van der Waals surface area (Å²) in [7, 11) is 0. The number of nitrogens with one attached hydrogen (secondary N) is 3. The molecule has 0 saturated heterocycles. The van der Waals surface area contributed by atoms with Crippen LogP contribution in [0.1, 0.15) is 27.2 Å². The smallest absolute Gasteiger partial charge is 0.243 e. The summed E-state index contributed by atoms with van der Waals surface area (Å²) in [5.74, 6) is 0.864. The van der Waals surface area contributed by atoms with Gasteiger partial charge in [0, 0.05) is 17.8 Å². The Morgan fingerprint density at radius 1 is 0.926 bits per heavy atom. The molecule has 0 bridgehead atoms. The second-order valence-electron chi connectivity index (χ2n) is 6.58. The van der Waals surface area contributed by atoms with Crippen LogP contribution >= 0.6 is 0 Å². The van der Waals surface area contributed by atoms with Gasteiger partial charge in [-0.15, -0.1) is 0 Å². The minimum Gasteiger partial charge on any atom is -0.491 e. The summed E-state index contributed by atoms with van der Waals surface area (Å²) in [4.78, 5) is 23.6. The first-order valence-corrected chi connectivity index (χ1v) is 9.13. The van der Waals surface area contributed by atoms with E-state index in [0.717, 1.165) is 11.4 Å². The zero-order valence-electron chi connectivity index (χ0n) is 16.0. The van der Waals surface area contributed by atoms with E-state index in [1.165, 1.54) is 0 Å². The van der Waals surface area contributed by atoms with Crippen molar-refractivity contribution in [3.63, 3.8) is 0 Å². The first kappa shape index (κ1) is 20.3. The Hall–Kier alpha value is -3.02. The summed E-state index contributed by atoms with van der Waals surface area (Å²) in [6, 6.07) is 14.6. The lowest BCUT2D eigenvalue weighted by molar-refractivity contribution is -0.116. The molecule has 6 nitrogen and oxygen atoms in total. The Morgan fingerprint density at radius 3 is 2.26 bits per heavy atom. The van der Waals surface area contributed by atoms with Gasteiger partial charge in [0.2, 0.25) is 11.8 Å². The minimum atomic E-state index is -0.168. The van der Waals surface area contributed by atoms with Crippen molar-refractivity contribution >= 4 is 28.9 Å². The fourth-order valence-electron chi connectivity index (χ4n) is 2.25. The summed E-state index contributed by atoms with van der Waals surface area (Å²) in [5, 5.41) is 8.71. The minimum absolute atomic E-state index is 0.0339. The Labute approximate surface area is 160 Å². The topological polar surface area (TPSA) is 79.5 Å². The maximum absolute atomic E-state index is 12.2. The molecule has 144 valence electrons. The van der Waals surface area contributed by atoms with E-state index in [2.05, 4.69) is 29.8 Å². The number of para-hydroxylation sites is 2. The maximum Gasteiger partial charge on any atom is 0.243 e. The fourth-order valence-corrected chi connectivity index (χ4v) is 2.25. The van der Waals surface area contributed by atoms with Crippen LogP contribution in [0, 0.1) is 5.92 Å². The van der Waals surface area contributed by atoms with Gasteiger partial charge < -0.3 is 20.7 Å². The maximum atomic E-state index is 12.2. The molecule has 0 saturated carbocycles. The van der Waals surface area contributed by atoms with Crippen LogP contribution in [0.3, 0.4) is 0 Å². The summed E-state index contributed by atoms with van der Waals surface area (Å²) in [5.41, 5.74) is 2.18. The van der Waals surface area contributed by atoms with E-state index < -0.39 is 0 Å². The van der Waals surface area contributed by atoms with E-state index in [1.54, 1.807) is 19.1 Å². The van der Waals surface area contributed by atoms with Crippen LogP contribution < -0.4 is 20.7 Å². The lowest BCUT2D eigenvalue weighted by atomic mass is 10.2. The first-order chi connectivity index (χ1) is 13.0. The summed E-state index contributed by atoms with van der Waals surface area (Å²) in [6.07, 6.45) is 0.433. The number of hydrogen-bond donors (Lipinski definition) is 3. The molecule has 2 rings (SSSR count). The highest BCUT2D eigenvalue weighted by Crippen LogP contribution is 2.24. The number of carbonyl (C=O) groups excluding carboxylic acids is 2. The summed E-state index contributed by atoms with van der Waals surface area (Å²) < 4.78 is 5.75. The molecule has 0 atom stereocenters. The molecule has 0 aromatic heterocycles. The predicted octanol–water partition coefficient (Wildman–Crippen LogP) is 4.12. The van der Waals surface area contributed by atoms with Crippen LogP contribution in [0.5, 0.6) is 5.75 Å². The van der Waals surface area contributed by atoms with Gasteiger partial charge in [0.15, 0.2) is 0 Å². The van der Waals surface area contributed by atoms with Crippen molar-refractivity contribution in [1.82, 2.24) is 0 Å². The zero-order valence-corrected chi connectivity index (χ0v) is 16.0. The predicted molar refractivity (Wildman–Crippen MR) is 109 cm³/mol. The Kier molecular flexibility index (Phi) is 7.67. The average molecular weight is 369 g/mol. The number of rotatable bonds is 9. The Morgan fingerprint density at radius 2 is 1.59 bits per heavy atom. The van der Waals surface area contributed by atoms with Crippen LogP contribution in [0.15, 0.2) is 48.5 Å². The Bertz CT molecular complexity index is 758. The third-order valence-electron chi connectivity index (χ3n) is 3.68. The molecule has 0 spiro atoms. The van der Waals surface area contributed by atoms with Gasteiger partial charge in [0.05, 0.1) is 18.8 Å². The molecule has 2 aromatic rings. The van der Waals surface area contributed by atoms with Crippen molar-refractivity contribution in [2.75, 3.05) is 29.1 Å². The number of benzene rings is 2. The normalized spacial score (nSPS) is 10.4. The summed E-state index contributed by atoms with van der Waals surface area (Å²) in [6.45, 7) is 6.66. The molecule has 27 heavy (non-hydrogen) atoms. The fraction of sp³-hybridized carbons (Fsp3) is 0.333. The number of anilines is 3. The number of amides is 2. The van der Waals surface area contributed by atoms with Crippen molar-refractivity contribution in [3.8, 4) is 5.75 Å². The number of hydrogen-bond acceptors (Lipinski definition) is 4. The number of carbonyl (C=O) groups is 2. The molecule has 6 heteroatoms. The largest absolute Gasteiger partial charge is 0.491 e. The quantitative estimate of drug-likeness (QED) is 0.621. The average Bonchev–Trinajstić information content (AvgIpc) is 2.66. The van der Waals surface area contributed by atoms with Crippen LogP contribution in [-0.2, 0) is 9.59 Å². The molecule has 0 fully saturated rings. The molecular formula is C21H27N3O3. The highest BCUT2D eigenvalue weighted by Gasteiger charge is 2.08. The van der Waals surface area contributed by atoms with Gasteiger partial charge in [0.25, 0.3) is 0 Å². The van der Waals surface area contributed by atoms with Gasteiger partial charge in [-0.25, -0.2) is 0 Å². The molecular weight excluding hydrogens is 342 g/mol. The second kappa shape index (κ2) is 10.2. The third-order valence-corrected chi connectivity index (χ3v) is 3.68.